The third-order valence-corrected chi connectivity index (χ3v) is 9.40. The zero-order valence-electron chi connectivity index (χ0n) is 28.7. The van der Waals surface area contributed by atoms with Gasteiger partial charge in [0.2, 0.25) is 11.8 Å². The van der Waals surface area contributed by atoms with Crippen LogP contribution in [0.1, 0.15) is 60.4 Å². The summed E-state index contributed by atoms with van der Waals surface area (Å²) in [4.78, 5) is 60.9. The minimum Gasteiger partial charge on any atom is -0.497 e. The van der Waals surface area contributed by atoms with Crippen LogP contribution in [0.15, 0.2) is 48.5 Å². The fourth-order valence-corrected chi connectivity index (χ4v) is 6.57. The average molecular weight is 694 g/mol. The Hall–Kier alpha value is -4.79. The van der Waals surface area contributed by atoms with Crippen molar-refractivity contribution in [1.29, 1.82) is 0 Å². The summed E-state index contributed by atoms with van der Waals surface area (Å²) in [6.07, 6.45) is 2.67. The van der Waals surface area contributed by atoms with Crippen molar-refractivity contribution < 1.29 is 33.8 Å². The summed E-state index contributed by atoms with van der Waals surface area (Å²) in [6, 6.07) is 4.58. The molecule has 1 saturated carbocycles. The lowest BCUT2D eigenvalue weighted by Crippen LogP contribution is -2.59. The highest BCUT2D eigenvalue weighted by Crippen LogP contribution is 2.45. The van der Waals surface area contributed by atoms with Crippen molar-refractivity contribution in [3.63, 3.8) is 0 Å². The van der Waals surface area contributed by atoms with E-state index in [2.05, 4.69) is 22.2 Å². The van der Waals surface area contributed by atoms with E-state index in [9.17, 15) is 24.3 Å². The van der Waals surface area contributed by atoms with Gasteiger partial charge in [0.15, 0.2) is 0 Å². The number of carbonyl (C=O) groups excluding carboxylic acids is 3. The second-order valence-electron chi connectivity index (χ2n) is 14.4. The van der Waals surface area contributed by atoms with Gasteiger partial charge in [-0.05, 0) is 56.9 Å². The number of methoxy groups -OCH3 is 1. The minimum atomic E-state index is -1.51. The van der Waals surface area contributed by atoms with Crippen LogP contribution in [0.3, 0.4) is 0 Å². The van der Waals surface area contributed by atoms with Gasteiger partial charge in [0.25, 0.3) is 0 Å². The second-order valence-corrected chi connectivity index (χ2v) is 15.3. The SMILES string of the molecule is C=CC1C[C@]1(NC(=O)[C@@H]1CC(n2nc(-c3ccc(OC)cc3)c(-c3nccs3)n2)CN1C(=O)[C@@H](NC(=O)OC(C)(C)C)C(C)(C)C)C(=O)O. The lowest BCUT2D eigenvalue weighted by molar-refractivity contribution is -0.146. The normalized spacial score (nSPS) is 22.6. The van der Waals surface area contributed by atoms with Crippen LogP contribution >= 0.6 is 11.3 Å². The van der Waals surface area contributed by atoms with Gasteiger partial charge in [-0.3, -0.25) is 9.59 Å². The highest BCUT2D eigenvalue weighted by molar-refractivity contribution is 7.13. The maximum absolute atomic E-state index is 14.4. The van der Waals surface area contributed by atoms with Gasteiger partial charge >= 0.3 is 12.1 Å². The maximum Gasteiger partial charge on any atom is 0.408 e. The number of alkyl carbamates (subject to hydrolysis) is 1. The van der Waals surface area contributed by atoms with Crippen LogP contribution in [0.5, 0.6) is 5.75 Å². The number of likely N-dealkylation sites (tertiary alicyclic amines) is 1. The largest absolute Gasteiger partial charge is 0.497 e. The third-order valence-electron chi connectivity index (χ3n) is 8.62. The predicted molar refractivity (Wildman–Crippen MR) is 182 cm³/mol. The molecule has 1 saturated heterocycles. The molecule has 1 aliphatic heterocycles. The lowest BCUT2D eigenvalue weighted by Gasteiger charge is -2.36. The van der Waals surface area contributed by atoms with Crippen LogP contribution in [0, 0.1) is 11.3 Å². The van der Waals surface area contributed by atoms with E-state index in [-0.39, 0.29) is 19.4 Å². The molecular weight excluding hydrogens is 650 g/mol. The Kier molecular flexibility index (Phi) is 9.61. The quantitative estimate of drug-likeness (QED) is 0.259. The fourth-order valence-electron chi connectivity index (χ4n) is 5.94. The van der Waals surface area contributed by atoms with Gasteiger partial charge in [-0.2, -0.15) is 9.90 Å². The van der Waals surface area contributed by atoms with Gasteiger partial charge in [-0.1, -0.05) is 26.8 Å². The molecule has 2 unspecified atom stereocenters. The van der Waals surface area contributed by atoms with Gasteiger partial charge in [0.1, 0.15) is 45.4 Å². The van der Waals surface area contributed by atoms with Gasteiger partial charge < -0.3 is 30.1 Å². The van der Waals surface area contributed by atoms with Gasteiger partial charge in [0, 0.05) is 36.0 Å². The molecule has 49 heavy (non-hydrogen) atoms. The Balaban J connectivity index is 1.52. The Morgan fingerprint density at radius 2 is 1.78 bits per heavy atom. The number of aromatic nitrogens is 4. The van der Waals surface area contributed by atoms with Crippen molar-refractivity contribution in [3.05, 3.63) is 48.5 Å². The summed E-state index contributed by atoms with van der Waals surface area (Å²) in [5, 5.41) is 27.6. The van der Waals surface area contributed by atoms with Crippen molar-refractivity contribution >= 4 is 35.2 Å². The van der Waals surface area contributed by atoms with Crippen LogP contribution in [-0.4, -0.2) is 90.7 Å². The molecule has 3 aromatic rings. The van der Waals surface area contributed by atoms with E-state index in [4.69, 9.17) is 19.7 Å². The van der Waals surface area contributed by atoms with Gasteiger partial charge in [-0.15, -0.1) is 23.0 Å². The number of ether oxygens (including phenoxy) is 2. The number of hydrogen-bond acceptors (Lipinski definition) is 10. The van der Waals surface area contributed by atoms with Crippen LogP contribution in [0.4, 0.5) is 4.79 Å². The molecule has 2 aliphatic rings. The molecule has 0 spiro atoms. The van der Waals surface area contributed by atoms with Crippen molar-refractivity contribution in [2.45, 2.75) is 83.6 Å². The van der Waals surface area contributed by atoms with Crippen molar-refractivity contribution in [1.82, 2.24) is 35.5 Å². The molecule has 15 heteroatoms. The second kappa shape index (κ2) is 13.3. The number of nitrogens with one attached hydrogen (secondary N) is 2. The van der Waals surface area contributed by atoms with E-state index in [1.807, 2.05) is 29.6 Å². The Morgan fingerprint density at radius 1 is 1.10 bits per heavy atom. The van der Waals surface area contributed by atoms with E-state index >= 15 is 0 Å². The molecule has 3 heterocycles. The first-order chi connectivity index (χ1) is 23.0. The molecule has 5 atom stereocenters. The number of amides is 3. The third kappa shape index (κ3) is 7.46. The zero-order chi connectivity index (χ0) is 35.9. The maximum atomic E-state index is 14.4. The standard InChI is InChI=1S/C34H43N7O7S/c1-9-20-17-34(20,30(44)45)37-27(42)23-16-21(18-40(23)29(43)26(32(2,3)4)36-31(46)48-33(5,6)7)41-38-24(19-10-12-22(47-8)13-11-19)25(39-41)28-35-14-15-49-28/h9-15,20-21,23,26H,1,16-18H2,2-8H3,(H,36,46)(H,37,42)(H,44,45)/t20?,21?,23-,26+,34+/m0/s1. The lowest BCUT2D eigenvalue weighted by atomic mass is 9.85. The predicted octanol–water partition coefficient (Wildman–Crippen LogP) is 4.30. The molecule has 0 radical (unpaired) electrons. The van der Waals surface area contributed by atoms with E-state index in [1.165, 1.54) is 27.1 Å². The number of carboxylic acids is 1. The number of carbonyl (C=O) groups is 4. The van der Waals surface area contributed by atoms with E-state index < -0.39 is 64.5 Å². The fraction of sp³-hybridized carbons (Fsp3) is 0.500. The molecule has 5 rings (SSSR count). The van der Waals surface area contributed by atoms with Crippen molar-refractivity contribution in [2.75, 3.05) is 13.7 Å². The summed E-state index contributed by atoms with van der Waals surface area (Å²) in [7, 11) is 1.58. The highest BCUT2D eigenvalue weighted by Gasteiger charge is 2.61. The summed E-state index contributed by atoms with van der Waals surface area (Å²) < 4.78 is 10.8. The smallest absolute Gasteiger partial charge is 0.408 e. The number of aliphatic carboxylic acids is 1. The summed E-state index contributed by atoms with van der Waals surface area (Å²) in [5.41, 5.74) is -1.26. The summed E-state index contributed by atoms with van der Waals surface area (Å²) >= 11 is 1.40. The first-order valence-corrected chi connectivity index (χ1v) is 16.8. The highest BCUT2D eigenvalue weighted by atomic mass is 32.1. The van der Waals surface area contributed by atoms with Gasteiger partial charge in [-0.25, -0.2) is 14.6 Å². The average Bonchev–Trinajstić information content (AvgIpc) is 3.47. The van der Waals surface area contributed by atoms with Crippen molar-refractivity contribution in [3.8, 4) is 27.7 Å². The number of hydrogen-bond donors (Lipinski definition) is 3. The van der Waals surface area contributed by atoms with E-state index in [0.29, 0.717) is 22.1 Å². The molecule has 0 bridgehead atoms. The van der Waals surface area contributed by atoms with Crippen LogP contribution in [0.2, 0.25) is 0 Å². The molecule has 1 aliphatic carbocycles. The van der Waals surface area contributed by atoms with Crippen molar-refractivity contribution in [2.24, 2.45) is 11.3 Å². The number of carboxylic acid groups (broad SMARTS) is 1. The monoisotopic (exact) mass is 693 g/mol. The van der Waals surface area contributed by atoms with Crippen LogP contribution in [0.25, 0.3) is 22.0 Å². The van der Waals surface area contributed by atoms with Crippen LogP contribution < -0.4 is 15.4 Å². The number of benzene rings is 1. The summed E-state index contributed by atoms with van der Waals surface area (Å²) in [5.74, 6) is -2.11. The Bertz CT molecular complexity index is 1730. The number of thiazole rings is 1. The summed E-state index contributed by atoms with van der Waals surface area (Å²) in [6.45, 7) is 14.3. The molecule has 14 nitrogen and oxygen atoms in total. The molecular formula is C34H43N7O7S. The first-order valence-electron chi connectivity index (χ1n) is 16.0. The zero-order valence-corrected chi connectivity index (χ0v) is 29.5. The Labute approximate surface area is 288 Å². The topological polar surface area (TPSA) is 178 Å². The van der Waals surface area contributed by atoms with E-state index in [0.717, 1.165) is 5.56 Å². The molecule has 3 amide bonds. The molecule has 262 valence electrons. The first kappa shape index (κ1) is 35.5. The molecule has 2 fully saturated rings. The number of rotatable bonds is 10. The number of nitrogens with zero attached hydrogens (tertiary/aromatic N) is 5. The Morgan fingerprint density at radius 3 is 2.31 bits per heavy atom. The van der Waals surface area contributed by atoms with E-state index in [1.54, 1.807) is 54.8 Å². The van der Waals surface area contributed by atoms with Gasteiger partial charge in [0.05, 0.1) is 13.2 Å². The molecule has 1 aromatic carbocycles. The van der Waals surface area contributed by atoms with Crippen LogP contribution in [-0.2, 0) is 19.1 Å². The molecule has 3 N–H and O–H groups in total. The minimum absolute atomic E-state index is 0.0124. The molecule has 2 aromatic heterocycles.